The monoisotopic (exact) mass is 411 g/mol. The highest BCUT2D eigenvalue weighted by Gasteiger charge is 2.19. The van der Waals surface area contributed by atoms with E-state index in [0.29, 0.717) is 17.1 Å². The number of nitrogens with zero attached hydrogens (tertiary/aromatic N) is 3. The summed E-state index contributed by atoms with van der Waals surface area (Å²) in [6.45, 7) is 0. The van der Waals surface area contributed by atoms with Gasteiger partial charge in [0.15, 0.2) is 0 Å². The van der Waals surface area contributed by atoms with Crippen LogP contribution in [0.5, 0.6) is 0 Å². The van der Waals surface area contributed by atoms with Gasteiger partial charge in [0, 0.05) is 11.3 Å². The number of nitrogens with one attached hydrogen (secondary N) is 2. The number of aromatic nitrogens is 4. The number of hydrogen-bond acceptors (Lipinski definition) is 5. The van der Waals surface area contributed by atoms with Crippen LogP contribution < -0.4 is 4.72 Å². The van der Waals surface area contributed by atoms with Gasteiger partial charge in [-0.2, -0.15) is 5.21 Å². The van der Waals surface area contributed by atoms with E-state index in [1.807, 2.05) is 30.3 Å². The first kappa shape index (κ1) is 18.1. The molecule has 0 aliphatic rings. The minimum Gasteiger partial charge on any atom is -0.280 e. The van der Waals surface area contributed by atoms with Gasteiger partial charge in [-0.3, -0.25) is 4.72 Å². The molecule has 0 saturated heterocycles. The lowest BCUT2D eigenvalue weighted by Crippen LogP contribution is -2.13. The van der Waals surface area contributed by atoms with E-state index in [0.717, 1.165) is 11.1 Å². The Kier molecular flexibility index (Phi) is 4.81. The first-order chi connectivity index (χ1) is 13.5. The second-order valence-electron chi connectivity index (χ2n) is 5.93. The van der Waals surface area contributed by atoms with Gasteiger partial charge in [0.05, 0.1) is 5.02 Å². The topological polar surface area (TPSA) is 101 Å². The fourth-order valence-electron chi connectivity index (χ4n) is 2.74. The minimum atomic E-state index is -3.91. The van der Waals surface area contributed by atoms with E-state index < -0.39 is 10.0 Å². The lowest BCUT2D eigenvalue weighted by Gasteiger charge is -2.12. The van der Waals surface area contributed by atoms with Gasteiger partial charge in [-0.05, 0) is 40.6 Å². The summed E-state index contributed by atoms with van der Waals surface area (Å²) in [6.07, 6.45) is 0. The largest absolute Gasteiger partial charge is 0.280 e. The molecule has 0 atom stereocenters. The standard InChI is InChI=1S/C19H14ClN5O2S/c20-17-10-9-14(13-5-2-1-3-6-13)12-18(17)28(26,27)23-16-8-4-7-15(11-16)19-21-24-25-22-19/h1-12,23H,(H,21,22,24,25). The van der Waals surface area contributed by atoms with Crippen LogP contribution in [0.2, 0.25) is 5.02 Å². The van der Waals surface area contributed by atoms with Crippen molar-refractivity contribution < 1.29 is 8.42 Å². The van der Waals surface area contributed by atoms with E-state index in [1.54, 1.807) is 42.5 Å². The Morgan fingerprint density at radius 3 is 2.39 bits per heavy atom. The molecule has 0 saturated carbocycles. The Bertz CT molecular complexity index is 1210. The van der Waals surface area contributed by atoms with Crippen LogP contribution in [-0.2, 0) is 10.0 Å². The maximum absolute atomic E-state index is 13.0. The number of aromatic amines is 1. The quantitative estimate of drug-likeness (QED) is 0.517. The number of tetrazole rings is 1. The Hall–Kier alpha value is -3.23. The molecule has 0 fully saturated rings. The Labute approximate surface area is 166 Å². The summed E-state index contributed by atoms with van der Waals surface area (Å²) >= 11 is 6.20. The van der Waals surface area contributed by atoms with Crippen molar-refractivity contribution in [1.29, 1.82) is 0 Å². The van der Waals surface area contributed by atoms with E-state index in [2.05, 4.69) is 25.3 Å². The van der Waals surface area contributed by atoms with E-state index in [4.69, 9.17) is 11.6 Å². The van der Waals surface area contributed by atoms with Crippen LogP contribution in [-0.4, -0.2) is 29.0 Å². The van der Waals surface area contributed by atoms with Gasteiger partial charge in [-0.1, -0.05) is 60.1 Å². The minimum absolute atomic E-state index is 0.000448. The maximum Gasteiger partial charge on any atom is 0.263 e. The molecule has 0 amide bonds. The molecule has 4 rings (SSSR count). The fourth-order valence-corrected chi connectivity index (χ4v) is 4.31. The molecule has 2 N–H and O–H groups in total. The van der Waals surface area contributed by atoms with Crippen LogP contribution >= 0.6 is 11.6 Å². The van der Waals surface area contributed by atoms with Crippen molar-refractivity contribution >= 4 is 27.3 Å². The average molecular weight is 412 g/mol. The lowest BCUT2D eigenvalue weighted by atomic mass is 10.1. The zero-order valence-electron chi connectivity index (χ0n) is 14.4. The Balaban J connectivity index is 1.69. The van der Waals surface area contributed by atoms with Crippen LogP contribution in [0, 0.1) is 0 Å². The summed E-state index contributed by atoms with van der Waals surface area (Å²) in [6, 6.07) is 21.1. The smallest absolute Gasteiger partial charge is 0.263 e. The number of sulfonamides is 1. The first-order valence-corrected chi connectivity index (χ1v) is 10.1. The third-order valence-corrected chi connectivity index (χ3v) is 5.91. The SMILES string of the molecule is O=S(=O)(Nc1cccc(-c2nn[nH]n2)c1)c1cc(-c2ccccc2)ccc1Cl. The third kappa shape index (κ3) is 3.73. The van der Waals surface area contributed by atoms with E-state index in [1.165, 1.54) is 0 Å². The molecule has 0 spiro atoms. The lowest BCUT2D eigenvalue weighted by molar-refractivity contribution is 0.601. The molecule has 9 heteroatoms. The van der Waals surface area contributed by atoms with E-state index in [-0.39, 0.29) is 9.92 Å². The number of H-pyrrole nitrogens is 1. The number of hydrogen-bond donors (Lipinski definition) is 2. The van der Waals surface area contributed by atoms with Crippen LogP contribution in [0.4, 0.5) is 5.69 Å². The Morgan fingerprint density at radius 2 is 1.64 bits per heavy atom. The maximum atomic E-state index is 13.0. The molecule has 0 aliphatic carbocycles. The molecule has 7 nitrogen and oxygen atoms in total. The summed E-state index contributed by atoms with van der Waals surface area (Å²) in [5.74, 6) is 0.366. The normalized spacial score (nSPS) is 11.3. The first-order valence-electron chi connectivity index (χ1n) is 8.25. The highest BCUT2D eigenvalue weighted by Crippen LogP contribution is 2.30. The summed E-state index contributed by atoms with van der Waals surface area (Å²) in [5, 5.41) is 13.8. The van der Waals surface area contributed by atoms with Crippen LogP contribution in [0.1, 0.15) is 0 Å². The molecular weight excluding hydrogens is 398 g/mol. The number of anilines is 1. The number of benzene rings is 3. The van der Waals surface area contributed by atoms with Gasteiger partial charge in [0.2, 0.25) is 5.82 Å². The molecule has 1 aromatic heterocycles. The van der Waals surface area contributed by atoms with Crippen molar-refractivity contribution in [2.45, 2.75) is 4.90 Å². The van der Waals surface area contributed by atoms with Crippen LogP contribution in [0.3, 0.4) is 0 Å². The van der Waals surface area contributed by atoms with Crippen molar-refractivity contribution in [1.82, 2.24) is 20.6 Å². The van der Waals surface area contributed by atoms with Gasteiger partial charge in [-0.25, -0.2) is 8.42 Å². The molecule has 28 heavy (non-hydrogen) atoms. The highest BCUT2D eigenvalue weighted by atomic mass is 35.5. The molecule has 0 radical (unpaired) electrons. The van der Waals surface area contributed by atoms with Crippen LogP contribution in [0.25, 0.3) is 22.5 Å². The molecule has 1 heterocycles. The summed E-state index contributed by atoms with van der Waals surface area (Å²) in [7, 11) is -3.91. The van der Waals surface area contributed by atoms with E-state index >= 15 is 0 Å². The summed E-state index contributed by atoms with van der Waals surface area (Å²) < 4.78 is 28.5. The van der Waals surface area contributed by atoms with Crippen molar-refractivity contribution in [2.24, 2.45) is 0 Å². The average Bonchev–Trinajstić information content (AvgIpc) is 3.24. The second kappa shape index (κ2) is 7.41. The summed E-state index contributed by atoms with van der Waals surface area (Å²) in [4.78, 5) is 0.000448. The zero-order valence-corrected chi connectivity index (χ0v) is 15.9. The van der Waals surface area contributed by atoms with Crippen molar-refractivity contribution in [3.63, 3.8) is 0 Å². The van der Waals surface area contributed by atoms with E-state index in [9.17, 15) is 8.42 Å². The molecular formula is C19H14ClN5O2S. The van der Waals surface area contributed by atoms with Crippen molar-refractivity contribution in [3.8, 4) is 22.5 Å². The Morgan fingerprint density at radius 1 is 0.857 bits per heavy atom. The second-order valence-corrected chi connectivity index (χ2v) is 7.99. The highest BCUT2D eigenvalue weighted by molar-refractivity contribution is 7.92. The number of halogens is 1. The third-order valence-electron chi connectivity index (χ3n) is 4.05. The van der Waals surface area contributed by atoms with Gasteiger partial charge in [0.1, 0.15) is 4.90 Å². The predicted molar refractivity (Wildman–Crippen MR) is 107 cm³/mol. The fraction of sp³-hybridized carbons (Fsp3) is 0. The predicted octanol–water partition coefficient (Wildman–Crippen LogP) is 3.99. The molecule has 0 aliphatic heterocycles. The molecule has 4 aromatic rings. The molecule has 140 valence electrons. The molecule has 0 unspecified atom stereocenters. The van der Waals surface area contributed by atoms with Crippen molar-refractivity contribution in [2.75, 3.05) is 4.72 Å². The molecule has 3 aromatic carbocycles. The van der Waals surface area contributed by atoms with Gasteiger partial charge in [-0.15, -0.1) is 10.2 Å². The van der Waals surface area contributed by atoms with Gasteiger partial charge < -0.3 is 0 Å². The van der Waals surface area contributed by atoms with Crippen LogP contribution in [0.15, 0.2) is 77.7 Å². The van der Waals surface area contributed by atoms with Crippen molar-refractivity contribution in [3.05, 3.63) is 77.8 Å². The summed E-state index contributed by atoms with van der Waals surface area (Å²) in [5.41, 5.74) is 2.64. The van der Waals surface area contributed by atoms with Gasteiger partial charge >= 0.3 is 0 Å². The zero-order chi connectivity index (χ0) is 19.6. The van der Waals surface area contributed by atoms with Gasteiger partial charge in [0.25, 0.3) is 10.0 Å². The molecule has 0 bridgehead atoms. The number of rotatable bonds is 5.